The van der Waals surface area contributed by atoms with Crippen LogP contribution < -0.4 is 20.5 Å². The second kappa shape index (κ2) is 11.6. The first-order valence-corrected chi connectivity index (χ1v) is 14.6. The summed E-state index contributed by atoms with van der Waals surface area (Å²) in [7, 11) is 0. The molecule has 0 aliphatic carbocycles. The molecule has 216 valence electrons. The molecule has 2 aromatic carbocycles. The predicted octanol–water partition coefficient (Wildman–Crippen LogP) is 5.26. The summed E-state index contributed by atoms with van der Waals surface area (Å²) < 4.78 is 26.2. The second-order valence-electron chi connectivity index (χ2n) is 11.3. The number of nitrogens with zero attached hydrogens (tertiary/aromatic N) is 3. The molecule has 3 aliphatic heterocycles. The maximum absolute atomic E-state index is 13.5. The van der Waals surface area contributed by atoms with Gasteiger partial charge >= 0.3 is 0 Å². The number of H-pyrrole nitrogens is 1. The number of ether oxygens (including phenoxy) is 2. The van der Waals surface area contributed by atoms with E-state index >= 15 is 0 Å². The van der Waals surface area contributed by atoms with Gasteiger partial charge in [-0.3, -0.25) is 14.7 Å². The molecule has 1 atom stereocenters. The lowest BCUT2D eigenvalue weighted by atomic mass is 9.95. The molecule has 1 unspecified atom stereocenters. The smallest absolute Gasteiger partial charge is 0.271 e. The second-order valence-corrected chi connectivity index (χ2v) is 11.3. The highest BCUT2D eigenvalue weighted by Crippen LogP contribution is 2.43. The molecule has 2 N–H and O–H groups in total. The average Bonchev–Trinajstić information content (AvgIpc) is 3.01. The van der Waals surface area contributed by atoms with E-state index in [1.807, 2.05) is 12.1 Å². The number of halogens is 1. The van der Waals surface area contributed by atoms with Gasteiger partial charge in [-0.15, -0.1) is 0 Å². The third-order valence-electron chi connectivity index (χ3n) is 8.46. The van der Waals surface area contributed by atoms with Gasteiger partial charge in [0.05, 0.1) is 12.8 Å². The lowest BCUT2D eigenvalue weighted by Gasteiger charge is -2.35. The standard InChI is InChI=1S/C33H34FN5O3/c34-25-15-22(18-35-19-25)20-38-11-8-26(9-12-38)37-27-6-7-30-24(17-27)16-23-3-1-4-28(32(23)42-30)31-21-39(13-14-41-31)29-5-2-10-36-33(29)40/h1-7,10,15,17-19,26,31,37H,8-9,11-14,16,20-21H2,(H,36,40). The van der Waals surface area contributed by atoms with Crippen molar-refractivity contribution in [1.82, 2.24) is 14.9 Å². The maximum atomic E-state index is 13.5. The molecule has 0 saturated carbocycles. The van der Waals surface area contributed by atoms with Crippen molar-refractivity contribution in [3.63, 3.8) is 0 Å². The van der Waals surface area contributed by atoms with Gasteiger partial charge < -0.3 is 24.7 Å². The topological polar surface area (TPSA) is 82.7 Å². The number of pyridine rings is 2. The summed E-state index contributed by atoms with van der Waals surface area (Å²) in [6.07, 6.45) is 7.28. The minimum Gasteiger partial charge on any atom is -0.456 e. The molecule has 4 aromatic rings. The Labute approximate surface area is 244 Å². The fourth-order valence-corrected chi connectivity index (χ4v) is 6.33. The number of anilines is 2. The molecular weight excluding hydrogens is 533 g/mol. The number of aromatic nitrogens is 2. The van der Waals surface area contributed by atoms with Gasteiger partial charge in [0.15, 0.2) is 0 Å². The van der Waals surface area contributed by atoms with Gasteiger partial charge in [-0.05, 0) is 60.4 Å². The quantitative estimate of drug-likeness (QED) is 0.290. The Balaban J connectivity index is 1.00. The first kappa shape index (κ1) is 26.7. The highest BCUT2D eigenvalue weighted by Gasteiger charge is 2.29. The number of para-hydroxylation sites is 1. The van der Waals surface area contributed by atoms with E-state index in [2.05, 4.69) is 61.5 Å². The third-order valence-corrected chi connectivity index (χ3v) is 8.46. The molecule has 0 amide bonds. The van der Waals surface area contributed by atoms with Gasteiger partial charge in [-0.2, -0.15) is 0 Å². The Hall–Kier alpha value is -4.21. The van der Waals surface area contributed by atoms with Crippen molar-refractivity contribution in [1.29, 1.82) is 0 Å². The highest BCUT2D eigenvalue weighted by molar-refractivity contribution is 5.59. The number of hydrogen-bond donors (Lipinski definition) is 2. The summed E-state index contributed by atoms with van der Waals surface area (Å²) >= 11 is 0. The van der Waals surface area contributed by atoms with Crippen molar-refractivity contribution in [2.24, 2.45) is 0 Å². The molecule has 0 spiro atoms. The minimum absolute atomic E-state index is 0.0881. The zero-order valence-corrected chi connectivity index (χ0v) is 23.4. The third kappa shape index (κ3) is 5.62. The van der Waals surface area contributed by atoms with Crippen molar-refractivity contribution < 1.29 is 13.9 Å². The number of aromatic amines is 1. The molecule has 2 saturated heterocycles. The van der Waals surface area contributed by atoms with Gasteiger partial charge in [0.2, 0.25) is 0 Å². The molecule has 5 heterocycles. The Morgan fingerprint density at radius 1 is 1.02 bits per heavy atom. The van der Waals surface area contributed by atoms with E-state index in [1.54, 1.807) is 18.5 Å². The van der Waals surface area contributed by atoms with Crippen molar-refractivity contribution in [2.45, 2.75) is 38.0 Å². The van der Waals surface area contributed by atoms with Crippen LogP contribution in [0.4, 0.5) is 15.8 Å². The fourth-order valence-electron chi connectivity index (χ4n) is 6.33. The van der Waals surface area contributed by atoms with Gasteiger partial charge in [0, 0.05) is 74.4 Å². The van der Waals surface area contributed by atoms with Crippen LogP contribution in [0.15, 0.2) is 78.0 Å². The van der Waals surface area contributed by atoms with E-state index in [9.17, 15) is 9.18 Å². The molecule has 3 aliphatic rings. The van der Waals surface area contributed by atoms with Gasteiger partial charge in [-0.25, -0.2) is 4.39 Å². The number of morpholine rings is 1. The normalized spacial score (nSPS) is 19.1. The number of hydrogen-bond acceptors (Lipinski definition) is 7. The number of fused-ring (bicyclic) bond motifs is 2. The van der Waals surface area contributed by atoms with Crippen molar-refractivity contribution in [2.75, 3.05) is 43.0 Å². The van der Waals surface area contributed by atoms with E-state index in [0.29, 0.717) is 31.4 Å². The van der Waals surface area contributed by atoms with Crippen molar-refractivity contribution in [3.8, 4) is 11.5 Å². The van der Waals surface area contributed by atoms with Crippen molar-refractivity contribution in [3.05, 3.63) is 112 Å². The van der Waals surface area contributed by atoms with Crippen LogP contribution in [0.3, 0.4) is 0 Å². The number of benzene rings is 2. The summed E-state index contributed by atoms with van der Waals surface area (Å²) in [6.45, 7) is 4.43. The largest absolute Gasteiger partial charge is 0.456 e. The van der Waals surface area contributed by atoms with E-state index in [0.717, 1.165) is 78.3 Å². The summed E-state index contributed by atoms with van der Waals surface area (Å²) in [6, 6.07) is 18.3. The Kier molecular flexibility index (Phi) is 7.36. The first-order valence-electron chi connectivity index (χ1n) is 14.6. The molecule has 42 heavy (non-hydrogen) atoms. The van der Waals surface area contributed by atoms with Gasteiger partial charge in [0.1, 0.15) is 29.1 Å². The van der Waals surface area contributed by atoms with Gasteiger partial charge in [-0.1, -0.05) is 18.2 Å². The van der Waals surface area contributed by atoms with Crippen LogP contribution in [0.5, 0.6) is 11.5 Å². The Bertz CT molecular complexity index is 1630. The van der Waals surface area contributed by atoms with Gasteiger partial charge in [0.25, 0.3) is 5.56 Å². The average molecular weight is 568 g/mol. The van der Waals surface area contributed by atoms with Crippen LogP contribution >= 0.6 is 0 Å². The Morgan fingerprint density at radius 2 is 1.93 bits per heavy atom. The number of piperidine rings is 1. The summed E-state index contributed by atoms with van der Waals surface area (Å²) in [5, 5.41) is 3.73. The monoisotopic (exact) mass is 567 g/mol. The zero-order valence-electron chi connectivity index (χ0n) is 23.4. The van der Waals surface area contributed by atoms with E-state index in [4.69, 9.17) is 9.47 Å². The molecule has 7 rings (SSSR count). The molecule has 8 nitrogen and oxygen atoms in total. The number of likely N-dealkylation sites (tertiary alicyclic amines) is 1. The molecule has 9 heteroatoms. The summed E-state index contributed by atoms with van der Waals surface area (Å²) in [5.74, 6) is 1.45. The van der Waals surface area contributed by atoms with Crippen LogP contribution in [-0.4, -0.2) is 53.7 Å². The van der Waals surface area contributed by atoms with Crippen LogP contribution in [0.1, 0.15) is 41.2 Å². The van der Waals surface area contributed by atoms with Crippen LogP contribution in [0, 0.1) is 5.82 Å². The molecule has 0 bridgehead atoms. The fraction of sp³-hybridized carbons (Fsp3) is 0.333. The van der Waals surface area contributed by atoms with Crippen LogP contribution in [0.2, 0.25) is 0 Å². The van der Waals surface area contributed by atoms with Crippen LogP contribution in [-0.2, 0) is 17.7 Å². The molecule has 2 aromatic heterocycles. The Morgan fingerprint density at radius 3 is 2.79 bits per heavy atom. The van der Waals surface area contributed by atoms with E-state index in [1.165, 1.54) is 6.20 Å². The number of nitrogens with one attached hydrogen (secondary N) is 2. The maximum Gasteiger partial charge on any atom is 0.271 e. The lowest BCUT2D eigenvalue weighted by Crippen LogP contribution is -2.41. The predicted molar refractivity (Wildman–Crippen MR) is 160 cm³/mol. The summed E-state index contributed by atoms with van der Waals surface area (Å²) in [5.41, 5.74) is 5.89. The zero-order chi connectivity index (χ0) is 28.5. The van der Waals surface area contributed by atoms with Crippen LogP contribution in [0.25, 0.3) is 0 Å². The molecule has 0 radical (unpaired) electrons. The molecular formula is C33H34FN5O3. The van der Waals surface area contributed by atoms with E-state index < -0.39 is 0 Å². The number of rotatable bonds is 6. The van der Waals surface area contributed by atoms with Crippen molar-refractivity contribution >= 4 is 11.4 Å². The lowest BCUT2D eigenvalue weighted by molar-refractivity contribution is 0.0383. The first-order chi connectivity index (χ1) is 20.6. The highest BCUT2D eigenvalue weighted by atomic mass is 19.1. The van der Waals surface area contributed by atoms with E-state index in [-0.39, 0.29) is 17.5 Å². The SMILES string of the molecule is O=c1[nH]cccc1N1CCOC(c2cccc3c2Oc2ccc(NC4CCN(Cc5cncc(F)c5)CC4)cc2C3)C1. The molecule has 2 fully saturated rings. The summed E-state index contributed by atoms with van der Waals surface area (Å²) in [4.78, 5) is 23.6. The minimum atomic E-state index is -0.283.